The Labute approximate surface area is 159 Å². The molecule has 0 unspecified atom stereocenters. The van der Waals surface area contributed by atoms with Gasteiger partial charge in [0.25, 0.3) is 5.69 Å². The van der Waals surface area contributed by atoms with Crippen LogP contribution in [0.4, 0.5) is 11.4 Å². The van der Waals surface area contributed by atoms with Crippen molar-refractivity contribution in [3.05, 3.63) is 62.1 Å². The molecular formula is C17H14Cl2N2O5. The number of rotatable bonds is 6. The van der Waals surface area contributed by atoms with Gasteiger partial charge in [0, 0.05) is 24.3 Å². The summed E-state index contributed by atoms with van der Waals surface area (Å²) >= 11 is 11.8. The number of nitrogens with zero attached hydrogens (tertiary/aromatic N) is 1. The van der Waals surface area contributed by atoms with Gasteiger partial charge in [0.1, 0.15) is 16.5 Å². The van der Waals surface area contributed by atoms with Gasteiger partial charge < -0.3 is 14.8 Å². The number of nitro benzene ring substituents is 1. The van der Waals surface area contributed by atoms with Crippen LogP contribution in [0, 0.1) is 10.1 Å². The van der Waals surface area contributed by atoms with Crippen molar-refractivity contribution in [1.82, 2.24) is 0 Å². The first-order chi connectivity index (χ1) is 12.3. The third-order valence-corrected chi connectivity index (χ3v) is 3.94. The molecule has 2 aromatic rings. The summed E-state index contributed by atoms with van der Waals surface area (Å²) in [6.45, 7) is 0. The van der Waals surface area contributed by atoms with Crippen LogP contribution in [-0.4, -0.2) is 25.1 Å². The number of carbonyl (C=O) groups is 1. The lowest BCUT2D eigenvalue weighted by atomic mass is 10.2. The summed E-state index contributed by atoms with van der Waals surface area (Å²) < 4.78 is 10.3. The molecule has 0 aromatic heterocycles. The second-order valence-electron chi connectivity index (χ2n) is 4.98. The lowest BCUT2D eigenvalue weighted by Gasteiger charge is -2.12. The molecule has 0 radical (unpaired) electrons. The van der Waals surface area contributed by atoms with Crippen LogP contribution in [-0.2, 0) is 4.79 Å². The van der Waals surface area contributed by atoms with E-state index in [0.717, 1.165) is 0 Å². The maximum absolute atomic E-state index is 12.1. The van der Waals surface area contributed by atoms with E-state index in [-0.39, 0.29) is 10.7 Å². The van der Waals surface area contributed by atoms with E-state index in [4.69, 9.17) is 32.7 Å². The molecule has 9 heteroatoms. The highest BCUT2D eigenvalue weighted by atomic mass is 35.5. The maximum Gasteiger partial charge on any atom is 0.288 e. The number of nitrogens with one attached hydrogen (secondary N) is 1. The largest absolute Gasteiger partial charge is 0.495 e. The van der Waals surface area contributed by atoms with Gasteiger partial charge in [-0.25, -0.2) is 0 Å². The summed E-state index contributed by atoms with van der Waals surface area (Å²) in [5, 5.41) is 13.9. The maximum atomic E-state index is 12.1. The van der Waals surface area contributed by atoms with Crippen molar-refractivity contribution in [2.45, 2.75) is 0 Å². The van der Waals surface area contributed by atoms with Crippen LogP contribution in [0.15, 0.2) is 36.4 Å². The molecule has 1 amide bonds. The second kappa shape index (κ2) is 8.55. The number of amides is 1. The van der Waals surface area contributed by atoms with E-state index in [2.05, 4.69) is 5.32 Å². The molecule has 136 valence electrons. The van der Waals surface area contributed by atoms with E-state index in [0.29, 0.717) is 27.8 Å². The van der Waals surface area contributed by atoms with Crippen LogP contribution in [0.3, 0.4) is 0 Å². The molecule has 0 fully saturated rings. The predicted molar refractivity (Wildman–Crippen MR) is 100 cm³/mol. The summed E-state index contributed by atoms with van der Waals surface area (Å²) in [5.41, 5.74) is 0.584. The first kappa shape index (κ1) is 19.6. The highest BCUT2D eigenvalue weighted by Crippen LogP contribution is 2.35. The fourth-order valence-electron chi connectivity index (χ4n) is 2.08. The van der Waals surface area contributed by atoms with Crippen LogP contribution >= 0.6 is 23.2 Å². The topological polar surface area (TPSA) is 90.7 Å². The number of carbonyl (C=O) groups excluding carboxylic acids is 1. The third kappa shape index (κ3) is 4.65. The molecule has 0 bridgehead atoms. The normalized spacial score (nSPS) is 10.6. The molecule has 2 rings (SSSR count). The number of hydrogen-bond donors (Lipinski definition) is 1. The highest BCUT2D eigenvalue weighted by molar-refractivity contribution is 6.33. The molecule has 0 aliphatic heterocycles. The van der Waals surface area contributed by atoms with E-state index in [1.165, 1.54) is 50.6 Å². The van der Waals surface area contributed by atoms with E-state index in [1.807, 2.05) is 0 Å². The van der Waals surface area contributed by atoms with E-state index < -0.39 is 10.8 Å². The number of anilines is 1. The Kier molecular flexibility index (Phi) is 6.43. The number of methoxy groups -OCH3 is 2. The summed E-state index contributed by atoms with van der Waals surface area (Å²) in [6.07, 6.45) is 2.66. The number of hydrogen-bond acceptors (Lipinski definition) is 5. The summed E-state index contributed by atoms with van der Waals surface area (Å²) in [6, 6.07) is 7.27. The van der Waals surface area contributed by atoms with Crippen molar-refractivity contribution in [1.29, 1.82) is 0 Å². The first-order valence-electron chi connectivity index (χ1n) is 7.20. The molecule has 0 saturated carbocycles. The number of benzene rings is 2. The van der Waals surface area contributed by atoms with Gasteiger partial charge >= 0.3 is 0 Å². The van der Waals surface area contributed by atoms with Crippen LogP contribution in [0.25, 0.3) is 6.08 Å². The van der Waals surface area contributed by atoms with Crippen molar-refractivity contribution < 1.29 is 19.2 Å². The standard InChI is InChI=1S/C17H14Cl2N2O5/c1-25-15-9-13(16(26-2)8-12(15)19)20-17(22)6-4-10-3-5-11(18)14(7-10)21(23)24/h3-9H,1-2H3,(H,20,22)/b6-4+. The zero-order valence-electron chi connectivity index (χ0n) is 13.8. The van der Waals surface area contributed by atoms with Crippen molar-refractivity contribution in [2.75, 3.05) is 19.5 Å². The monoisotopic (exact) mass is 396 g/mol. The Morgan fingerprint density at radius 1 is 1.12 bits per heavy atom. The fourth-order valence-corrected chi connectivity index (χ4v) is 2.50. The van der Waals surface area contributed by atoms with Crippen LogP contribution < -0.4 is 14.8 Å². The van der Waals surface area contributed by atoms with Gasteiger partial charge in [0.2, 0.25) is 5.91 Å². The molecule has 1 N–H and O–H groups in total. The average Bonchev–Trinajstić information content (AvgIpc) is 2.61. The number of halogens is 2. The Balaban J connectivity index is 2.20. The molecule has 0 heterocycles. The SMILES string of the molecule is COc1cc(NC(=O)/C=C/c2ccc(Cl)c([N+](=O)[O-])c2)c(OC)cc1Cl. The van der Waals surface area contributed by atoms with Gasteiger partial charge in [-0.05, 0) is 17.7 Å². The summed E-state index contributed by atoms with van der Waals surface area (Å²) in [5.74, 6) is 0.269. The Morgan fingerprint density at radius 2 is 1.81 bits per heavy atom. The minimum atomic E-state index is -0.593. The fraction of sp³-hybridized carbons (Fsp3) is 0.118. The van der Waals surface area contributed by atoms with Crippen molar-refractivity contribution in [3.8, 4) is 11.5 Å². The van der Waals surface area contributed by atoms with E-state index in [9.17, 15) is 14.9 Å². The molecule has 0 saturated heterocycles. The van der Waals surface area contributed by atoms with Gasteiger partial charge in [0.15, 0.2) is 0 Å². The minimum Gasteiger partial charge on any atom is -0.495 e. The lowest BCUT2D eigenvalue weighted by molar-refractivity contribution is -0.384. The van der Waals surface area contributed by atoms with E-state index in [1.54, 1.807) is 6.07 Å². The zero-order chi connectivity index (χ0) is 19.3. The lowest BCUT2D eigenvalue weighted by Crippen LogP contribution is -2.09. The Bertz CT molecular complexity index is 884. The average molecular weight is 397 g/mol. The molecule has 2 aromatic carbocycles. The smallest absolute Gasteiger partial charge is 0.288 e. The third-order valence-electron chi connectivity index (χ3n) is 3.33. The van der Waals surface area contributed by atoms with Crippen LogP contribution in [0.1, 0.15) is 5.56 Å². The minimum absolute atomic E-state index is 0.0228. The molecular weight excluding hydrogens is 383 g/mol. The van der Waals surface area contributed by atoms with Gasteiger partial charge in [-0.3, -0.25) is 14.9 Å². The second-order valence-corrected chi connectivity index (χ2v) is 5.79. The van der Waals surface area contributed by atoms with Crippen LogP contribution in [0.5, 0.6) is 11.5 Å². The number of ether oxygens (including phenoxy) is 2. The quantitative estimate of drug-likeness (QED) is 0.438. The molecule has 0 aliphatic carbocycles. The molecule has 0 aliphatic rings. The number of nitro groups is 1. The van der Waals surface area contributed by atoms with Gasteiger partial charge in [-0.1, -0.05) is 29.3 Å². The molecule has 0 atom stereocenters. The Hall–Kier alpha value is -2.77. The van der Waals surface area contributed by atoms with Gasteiger partial charge in [0.05, 0.1) is 29.9 Å². The predicted octanol–water partition coefficient (Wildman–Crippen LogP) is 4.57. The summed E-state index contributed by atoms with van der Waals surface area (Å²) in [4.78, 5) is 22.4. The van der Waals surface area contributed by atoms with Crippen molar-refractivity contribution >= 4 is 46.6 Å². The molecule has 26 heavy (non-hydrogen) atoms. The van der Waals surface area contributed by atoms with Gasteiger partial charge in [-0.2, -0.15) is 0 Å². The van der Waals surface area contributed by atoms with Crippen molar-refractivity contribution in [2.24, 2.45) is 0 Å². The van der Waals surface area contributed by atoms with E-state index >= 15 is 0 Å². The first-order valence-corrected chi connectivity index (χ1v) is 7.95. The Morgan fingerprint density at radius 3 is 2.42 bits per heavy atom. The zero-order valence-corrected chi connectivity index (χ0v) is 15.3. The van der Waals surface area contributed by atoms with Gasteiger partial charge in [-0.15, -0.1) is 0 Å². The molecule has 0 spiro atoms. The molecule has 7 nitrogen and oxygen atoms in total. The highest BCUT2D eigenvalue weighted by Gasteiger charge is 2.13. The van der Waals surface area contributed by atoms with Crippen molar-refractivity contribution in [3.63, 3.8) is 0 Å². The van der Waals surface area contributed by atoms with Crippen LogP contribution in [0.2, 0.25) is 10.0 Å². The summed E-state index contributed by atoms with van der Waals surface area (Å²) in [7, 11) is 2.89.